The third-order valence-corrected chi connectivity index (χ3v) is 3.85. The van der Waals surface area contributed by atoms with E-state index in [4.69, 9.17) is 5.11 Å². The number of nitrogens with zero attached hydrogens (tertiary/aromatic N) is 1. The van der Waals surface area contributed by atoms with E-state index in [-0.39, 0.29) is 12.6 Å². The number of fused-ring (bicyclic) bond motifs is 1. The van der Waals surface area contributed by atoms with E-state index in [1.54, 1.807) is 4.90 Å². The first-order chi connectivity index (χ1) is 9.06. The summed E-state index contributed by atoms with van der Waals surface area (Å²) in [6.07, 6.45) is 3.63. The van der Waals surface area contributed by atoms with Crippen molar-refractivity contribution in [2.24, 2.45) is 11.8 Å². The summed E-state index contributed by atoms with van der Waals surface area (Å²) in [7, 11) is 0. The minimum absolute atomic E-state index is 0.183. The molecule has 1 aliphatic heterocycles. The largest absolute Gasteiger partial charge is 0.480 e. The lowest BCUT2D eigenvalue weighted by atomic mass is 10.0. The average molecular weight is 269 g/mol. The second-order valence-electron chi connectivity index (χ2n) is 5.19. The Morgan fingerprint density at radius 3 is 2.26 bits per heavy atom. The van der Waals surface area contributed by atoms with Gasteiger partial charge >= 0.3 is 12.0 Å². The molecule has 2 aliphatic rings. The fraction of sp³-hybridized carbons (Fsp3) is 0.750. The highest BCUT2D eigenvalue weighted by molar-refractivity contribution is 5.86. The van der Waals surface area contributed by atoms with Crippen molar-refractivity contribution >= 4 is 17.9 Å². The number of hydrogen-bond acceptors (Lipinski definition) is 3. The molecule has 1 saturated heterocycles. The topological polar surface area (TPSA) is 98.7 Å². The van der Waals surface area contributed by atoms with E-state index >= 15 is 0 Å². The molecule has 7 heteroatoms. The average Bonchev–Trinajstić information content (AvgIpc) is 2.93. The van der Waals surface area contributed by atoms with Crippen LogP contribution in [0.25, 0.3) is 0 Å². The number of carboxylic acid groups (broad SMARTS) is 1. The SMILES string of the molecule is O=C(O)CNC(=O)CNC(=O)N1CC2CCCC2C1. The molecule has 3 N–H and O–H groups in total. The van der Waals surface area contributed by atoms with Gasteiger partial charge < -0.3 is 20.6 Å². The van der Waals surface area contributed by atoms with Crippen LogP contribution in [0.5, 0.6) is 0 Å². The fourth-order valence-electron chi connectivity index (χ4n) is 2.91. The van der Waals surface area contributed by atoms with Crippen LogP contribution in [-0.2, 0) is 9.59 Å². The molecule has 1 heterocycles. The van der Waals surface area contributed by atoms with Crippen LogP contribution in [0, 0.1) is 11.8 Å². The maximum absolute atomic E-state index is 11.8. The van der Waals surface area contributed by atoms with Crippen LogP contribution in [0.3, 0.4) is 0 Å². The molecule has 106 valence electrons. The monoisotopic (exact) mass is 269 g/mol. The van der Waals surface area contributed by atoms with Crippen LogP contribution in [0.1, 0.15) is 19.3 Å². The van der Waals surface area contributed by atoms with E-state index in [1.165, 1.54) is 19.3 Å². The van der Waals surface area contributed by atoms with Gasteiger partial charge in [0.2, 0.25) is 5.91 Å². The first-order valence-electron chi connectivity index (χ1n) is 6.57. The Hall–Kier alpha value is -1.79. The van der Waals surface area contributed by atoms with Gasteiger partial charge in [0, 0.05) is 13.1 Å². The van der Waals surface area contributed by atoms with Gasteiger partial charge in [0.1, 0.15) is 6.54 Å². The van der Waals surface area contributed by atoms with Crippen molar-refractivity contribution in [2.75, 3.05) is 26.2 Å². The minimum Gasteiger partial charge on any atom is -0.480 e. The maximum atomic E-state index is 11.8. The van der Waals surface area contributed by atoms with Gasteiger partial charge in [0.25, 0.3) is 0 Å². The molecule has 2 fully saturated rings. The van der Waals surface area contributed by atoms with Gasteiger partial charge in [0.15, 0.2) is 0 Å². The highest BCUT2D eigenvalue weighted by Gasteiger charge is 2.37. The number of aliphatic carboxylic acids is 1. The van der Waals surface area contributed by atoms with Gasteiger partial charge in [-0.15, -0.1) is 0 Å². The van der Waals surface area contributed by atoms with Crippen LogP contribution in [0.15, 0.2) is 0 Å². The zero-order valence-corrected chi connectivity index (χ0v) is 10.7. The molecule has 1 saturated carbocycles. The molecule has 7 nitrogen and oxygen atoms in total. The van der Waals surface area contributed by atoms with Crippen LogP contribution in [0.2, 0.25) is 0 Å². The van der Waals surface area contributed by atoms with Gasteiger partial charge in [-0.3, -0.25) is 9.59 Å². The Labute approximate surface area is 111 Å². The Kier molecular flexibility index (Phi) is 4.24. The lowest BCUT2D eigenvalue weighted by Crippen LogP contribution is -2.44. The van der Waals surface area contributed by atoms with E-state index in [0.717, 1.165) is 13.1 Å². The number of hydrogen-bond donors (Lipinski definition) is 3. The molecule has 3 amide bonds. The number of amides is 3. The third kappa shape index (κ3) is 3.59. The summed E-state index contributed by atoms with van der Waals surface area (Å²) in [5, 5.41) is 13.1. The number of likely N-dealkylation sites (tertiary alicyclic amines) is 1. The molecular formula is C12H19N3O4. The lowest BCUT2D eigenvalue weighted by Gasteiger charge is -2.17. The Balaban J connectivity index is 1.67. The molecule has 2 atom stereocenters. The zero-order valence-electron chi connectivity index (χ0n) is 10.7. The molecule has 1 aliphatic carbocycles. The summed E-state index contributed by atoms with van der Waals surface area (Å²) in [5.74, 6) is -0.361. The summed E-state index contributed by atoms with van der Waals surface area (Å²) >= 11 is 0. The molecular weight excluding hydrogens is 250 g/mol. The molecule has 0 aromatic heterocycles. The predicted octanol–water partition coefficient (Wildman–Crippen LogP) is -0.371. The number of rotatable bonds is 4. The maximum Gasteiger partial charge on any atom is 0.322 e. The van der Waals surface area contributed by atoms with E-state index in [9.17, 15) is 14.4 Å². The van der Waals surface area contributed by atoms with Crippen LogP contribution >= 0.6 is 0 Å². The van der Waals surface area contributed by atoms with Crippen molar-refractivity contribution in [3.05, 3.63) is 0 Å². The summed E-state index contributed by atoms with van der Waals surface area (Å²) in [4.78, 5) is 35.1. The predicted molar refractivity (Wildman–Crippen MR) is 66.4 cm³/mol. The molecule has 2 rings (SSSR count). The summed E-state index contributed by atoms with van der Waals surface area (Å²) in [6.45, 7) is 0.932. The number of carbonyl (C=O) groups excluding carboxylic acids is 2. The number of carboxylic acids is 1. The van der Waals surface area contributed by atoms with Crippen molar-refractivity contribution < 1.29 is 19.5 Å². The quantitative estimate of drug-likeness (QED) is 0.648. The second-order valence-corrected chi connectivity index (χ2v) is 5.19. The lowest BCUT2D eigenvalue weighted by molar-refractivity contribution is -0.137. The number of carbonyl (C=O) groups is 3. The minimum atomic E-state index is -1.10. The van der Waals surface area contributed by atoms with Gasteiger partial charge in [-0.1, -0.05) is 6.42 Å². The smallest absolute Gasteiger partial charge is 0.322 e. The Morgan fingerprint density at radius 1 is 1.05 bits per heavy atom. The number of urea groups is 1. The summed E-state index contributed by atoms with van der Waals surface area (Å²) in [6, 6.07) is -0.236. The van der Waals surface area contributed by atoms with Crippen molar-refractivity contribution in [1.29, 1.82) is 0 Å². The fourth-order valence-corrected chi connectivity index (χ4v) is 2.91. The van der Waals surface area contributed by atoms with E-state index in [0.29, 0.717) is 11.8 Å². The summed E-state index contributed by atoms with van der Waals surface area (Å²) in [5.41, 5.74) is 0. The standard InChI is InChI=1S/C12H19N3O4/c16-10(13-5-11(17)18)4-14-12(19)15-6-8-2-1-3-9(8)7-15/h8-9H,1-7H2,(H,13,16)(H,14,19)(H,17,18). The second kappa shape index (κ2) is 5.90. The normalized spacial score (nSPS) is 24.9. The third-order valence-electron chi connectivity index (χ3n) is 3.85. The van der Waals surface area contributed by atoms with Crippen LogP contribution < -0.4 is 10.6 Å². The molecule has 0 radical (unpaired) electrons. The van der Waals surface area contributed by atoms with E-state index < -0.39 is 18.4 Å². The molecule has 19 heavy (non-hydrogen) atoms. The van der Waals surface area contributed by atoms with Gasteiger partial charge in [-0.05, 0) is 24.7 Å². The zero-order chi connectivity index (χ0) is 13.8. The number of nitrogens with one attached hydrogen (secondary N) is 2. The van der Waals surface area contributed by atoms with Crippen molar-refractivity contribution in [3.63, 3.8) is 0 Å². The first-order valence-corrected chi connectivity index (χ1v) is 6.57. The van der Waals surface area contributed by atoms with Gasteiger partial charge in [-0.2, -0.15) is 0 Å². The van der Waals surface area contributed by atoms with Gasteiger partial charge in [0.05, 0.1) is 6.54 Å². The Morgan fingerprint density at radius 2 is 1.68 bits per heavy atom. The van der Waals surface area contributed by atoms with E-state index in [1.807, 2.05) is 0 Å². The summed E-state index contributed by atoms with van der Waals surface area (Å²) < 4.78 is 0. The molecule has 0 bridgehead atoms. The first kappa shape index (κ1) is 13.6. The Bertz CT molecular complexity index is 373. The molecule has 0 aromatic rings. The van der Waals surface area contributed by atoms with Crippen LogP contribution in [-0.4, -0.2) is 54.1 Å². The van der Waals surface area contributed by atoms with E-state index in [2.05, 4.69) is 10.6 Å². The van der Waals surface area contributed by atoms with Gasteiger partial charge in [-0.25, -0.2) is 4.79 Å². The van der Waals surface area contributed by atoms with Crippen molar-refractivity contribution in [1.82, 2.24) is 15.5 Å². The molecule has 2 unspecified atom stereocenters. The molecule has 0 aromatic carbocycles. The van der Waals surface area contributed by atoms with Crippen LogP contribution in [0.4, 0.5) is 4.79 Å². The highest BCUT2D eigenvalue weighted by atomic mass is 16.4. The highest BCUT2D eigenvalue weighted by Crippen LogP contribution is 2.37. The molecule has 0 spiro atoms. The van der Waals surface area contributed by atoms with Crippen molar-refractivity contribution in [3.8, 4) is 0 Å². The van der Waals surface area contributed by atoms with Crippen molar-refractivity contribution in [2.45, 2.75) is 19.3 Å².